The lowest BCUT2D eigenvalue weighted by atomic mass is 10.1. The van der Waals surface area contributed by atoms with Gasteiger partial charge in [-0.1, -0.05) is 30.1 Å². The number of carbonyl (C=O) groups is 1. The largest absolute Gasteiger partial charge is 0.354 e. The van der Waals surface area contributed by atoms with Crippen LogP contribution in [-0.2, 0) is 17.8 Å². The Morgan fingerprint density at radius 3 is 2.93 bits per heavy atom. The van der Waals surface area contributed by atoms with E-state index in [4.69, 9.17) is 4.52 Å². The van der Waals surface area contributed by atoms with Gasteiger partial charge in [0, 0.05) is 18.9 Å². The number of rotatable bonds is 6. The highest BCUT2D eigenvalue weighted by Crippen LogP contribution is 2.32. The van der Waals surface area contributed by atoms with E-state index in [1.165, 1.54) is 23.7 Å². The molecule has 1 saturated carbocycles. The monoisotopic (exact) mass is 367 g/mol. The van der Waals surface area contributed by atoms with Crippen molar-refractivity contribution in [3.8, 4) is 0 Å². The molecule has 0 atom stereocenters. The lowest BCUT2D eigenvalue weighted by molar-refractivity contribution is -0.121. The van der Waals surface area contributed by atoms with Crippen LogP contribution in [0.2, 0.25) is 0 Å². The van der Waals surface area contributed by atoms with Gasteiger partial charge >= 0.3 is 0 Å². The van der Waals surface area contributed by atoms with Gasteiger partial charge < -0.3 is 9.84 Å². The Morgan fingerprint density at radius 1 is 1.26 bits per heavy atom. The van der Waals surface area contributed by atoms with E-state index in [2.05, 4.69) is 20.4 Å². The molecule has 1 fully saturated rings. The SMILES string of the molecule is O=C(Cn1cnc2ccccc2c1=O)NCCc1noc(C2CCCC2)n1. The first-order chi connectivity index (χ1) is 13.2. The van der Waals surface area contributed by atoms with E-state index in [0.717, 1.165) is 12.8 Å². The molecule has 2 aromatic heterocycles. The Bertz CT molecular complexity index is 1000. The molecule has 3 aromatic rings. The lowest BCUT2D eigenvalue weighted by Crippen LogP contribution is -2.33. The molecule has 2 heterocycles. The van der Waals surface area contributed by atoms with Crippen LogP contribution >= 0.6 is 0 Å². The summed E-state index contributed by atoms with van der Waals surface area (Å²) in [5, 5.41) is 7.27. The number of carbonyl (C=O) groups excluding carboxylic acids is 1. The Labute approximate surface area is 155 Å². The fourth-order valence-electron chi connectivity index (χ4n) is 3.45. The maximum Gasteiger partial charge on any atom is 0.261 e. The Balaban J connectivity index is 1.31. The minimum Gasteiger partial charge on any atom is -0.354 e. The number of hydrogen-bond acceptors (Lipinski definition) is 6. The topological polar surface area (TPSA) is 103 Å². The van der Waals surface area contributed by atoms with Crippen LogP contribution in [0.5, 0.6) is 0 Å². The van der Waals surface area contributed by atoms with E-state index in [-0.39, 0.29) is 18.0 Å². The highest BCUT2D eigenvalue weighted by molar-refractivity contribution is 5.78. The number of hydrogen-bond donors (Lipinski definition) is 1. The van der Waals surface area contributed by atoms with Gasteiger partial charge in [-0.2, -0.15) is 4.98 Å². The molecule has 0 radical (unpaired) electrons. The van der Waals surface area contributed by atoms with E-state index in [0.29, 0.717) is 41.5 Å². The van der Waals surface area contributed by atoms with Gasteiger partial charge in [0.25, 0.3) is 5.56 Å². The number of aromatic nitrogens is 4. The fourth-order valence-corrected chi connectivity index (χ4v) is 3.45. The standard InChI is InChI=1S/C19H21N5O3/c25-17(11-24-12-21-15-8-4-3-7-14(15)19(24)26)20-10-9-16-22-18(27-23-16)13-5-1-2-6-13/h3-4,7-8,12-13H,1-2,5-6,9-11H2,(H,20,25). The van der Waals surface area contributed by atoms with Crippen molar-refractivity contribution in [2.24, 2.45) is 0 Å². The summed E-state index contributed by atoms with van der Waals surface area (Å²) in [6.45, 7) is 0.314. The summed E-state index contributed by atoms with van der Waals surface area (Å²) >= 11 is 0. The van der Waals surface area contributed by atoms with Crippen molar-refractivity contribution in [3.63, 3.8) is 0 Å². The van der Waals surface area contributed by atoms with Gasteiger partial charge in [0.2, 0.25) is 11.8 Å². The predicted octanol–water partition coefficient (Wildman–Crippen LogP) is 1.80. The summed E-state index contributed by atoms with van der Waals surface area (Å²) in [7, 11) is 0. The summed E-state index contributed by atoms with van der Waals surface area (Å²) in [6.07, 6.45) is 6.52. The van der Waals surface area contributed by atoms with Gasteiger partial charge in [0.05, 0.1) is 17.2 Å². The number of nitrogens with zero attached hydrogens (tertiary/aromatic N) is 4. The van der Waals surface area contributed by atoms with Crippen molar-refractivity contribution in [1.29, 1.82) is 0 Å². The first-order valence-corrected chi connectivity index (χ1v) is 9.24. The van der Waals surface area contributed by atoms with Crippen molar-refractivity contribution in [2.45, 2.75) is 44.6 Å². The van der Waals surface area contributed by atoms with Crippen molar-refractivity contribution >= 4 is 16.8 Å². The molecule has 8 heteroatoms. The van der Waals surface area contributed by atoms with Crippen LogP contribution in [-0.4, -0.2) is 32.1 Å². The molecule has 0 saturated heterocycles. The van der Waals surface area contributed by atoms with Crippen LogP contribution in [0.1, 0.15) is 43.3 Å². The molecule has 1 aliphatic carbocycles. The van der Waals surface area contributed by atoms with Crippen LogP contribution in [0.15, 0.2) is 39.9 Å². The first kappa shape index (κ1) is 17.4. The van der Waals surface area contributed by atoms with Gasteiger partial charge in [-0.05, 0) is 25.0 Å². The molecule has 1 N–H and O–H groups in total. The average molecular weight is 367 g/mol. The Morgan fingerprint density at radius 2 is 2.07 bits per heavy atom. The average Bonchev–Trinajstić information content (AvgIpc) is 3.36. The normalized spacial score (nSPS) is 14.7. The molecule has 1 aliphatic rings. The van der Waals surface area contributed by atoms with Crippen molar-refractivity contribution in [1.82, 2.24) is 25.0 Å². The molecular weight excluding hydrogens is 346 g/mol. The third-order valence-electron chi connectivity index (χ3n) is 4.90. The Kier molecular flexibility index (Phi) is 4.95. The number of nitrogens with one attached hydrogen (secondary N) is 1. The fraction of sp³-hybridized carbons (Fsp3) is 0.421. The molecule has 0 aliphatic heterocycles. The third kappa shape index (κ3) is 3.89. The summed E-state index contributed by atoms with van der Waals surface area (Å²) in [5.74, 6) is 1.44. The van der Waals surface area contributed by atoms with E-state index < -0.39 is 0 Å². The molecule has 0 unspecified atom stereocenters. The zero-order valence-corrected chi connectivity index (χ0v) is 14.9. The van der Waals surface area contributed by atoms with Gasteiger partial charge in [-0.3, -0.25) is 14.2 Å². The van der Waals surface area contributed by atoms with Crippen LogP contribution in [0.3, 0.4) is 0 Å². The molecule has 1 amide bonds. The Hall–Kier alpha value is -3.03. The highest BCUT2D eigenvalue weighted by Gasteiger charge is 2.22. The van der Waals surface area contributed by atoms with E-state index >= 15 is 0 Å². The molecule has 4 rings (SSSR count). The van der Waals surface area contributed by atoms with E-state index in [1.807, 2.05) is 6.07 Å². The number of benzene rings is 1. The van der Waals surface area contributed by atoms with Crippen LogP contribution in [0, 0.1) is 0 Å². The van der Waals surface area contributed by atoms with E-state index in [1.54, 1.807) is 18.2 Å². The second-order valence-corrected chi connectivity index (χ2v) is 6.82. The number of fused-ring (bicyclic) bond motifs is 1. The first-order valence-electron chi connectivity index (χ1n) is 9.24. The minimum atomic E-state index is -0.256. The van der Waals surface area contributed by atoms with Crippen LogP contribution in [0.25, 0.3) is 10.9 Å². The summed E-state index contributed by atoms with van der Waals surface area (Å²) in [5.41, 5.74) is 0.393. The second-order valence-electron chi connectivity index (χ2n) is 6.82. The second kappa shape index (κ2) is 7.69. The molecular formula is C19H21N5O3. The summed E-state index contributed by atoms with van der Waals surface area (Å²) < 4.78 is 6.64. The minimum absolute atomic E-state index is 0.0732. The maximum atomic E-state index is 12.4. The third-order valence-corrected chi connectivity index (χ3v) is 4.90. The molecule has 1 aromatic carbocycles. The predicted molar refractivity (Wildman–Crippen MR) is 98.2 cm³/mol. The molecule has 8 nitrogen and oxygen atoms in total. The van der Waals surface area contributed by atoms with Crippen molar-refractivity contribution in [3.05, 3.63) is 52.7 Å². The zero-order chi connectivity index (χ0) is 18.6. The van der Waals surface area contributed by atoms with Gasteiger partial charge in [-0.25, -0.2) is 4.98 Å². The van der Waals surface area contributed by atoms with Crippen LogP contribution in [0.4, 0.5) is 0 Å². The number of para-hydroxylation sites is 1. The quantitative estimate of drug-likeness (QED) is 0.712. The molecule has 0 bridgehead atoms. The maximum absolute atomic E-state index is 12.4. The van der Waals surface area contributed by atoms with Crippen molar-refractivity contribution < 1.29 is 9.32 Å². The molecule has 27 heavy (non-hydrogen) atoms. The molecule has 140 valence electrons. The van der Waals surface area contributed by atoms with Crippen molar-refractivity contribution in [2.75, 3.05) is 6.54 Å². The summed E-state index contributed by atoms with van der Waals surface area (Å²) in [4.78, 5) is 33.2. The summed E-state index contributed by atoms with van der Waals surface area (Å²) in [6, 6.07) is 7.07. The number of amides is 1. The zero-order valence-electron chi connectivity index (χ0n) is 14.9. The van der Waals surface area contributed by atoms with Gasteiger partial charge in [0.15, 0.2) is 5.82 Å². The molecule has 0 spiro atoms. The lowest BCUT2D eigenvalue weighted by Gasteiger charge is -2.07. The van der Waals surface area contributed by atoms with Gasteiger partial charge in [-0.15, -0.1) is 0 Å². The van der Waals surface area contributed by atoms with Gasteiger partial charge in [0.1, 0.15) is 6.54 Å². The van der Waals surface area contributed by atoms with E-state index in [9.17, 15) is 9.59 Å². The smallest absolute Gasteiger partial charge is 0.261 e. The van der Waals surface area contributed by atoms with Crippen LogP contribution < -0.4 is 10.9 Å². The highest BCUT2D eigenvalue weighted by atomic mass is 16.5.